The van der Waals surface area contributed by atoms with Gasteiger partial charge in [-0.25, -0.2) is 0 Å². The van der Waals surface area contributed by atoms with E-state index in [0.717, 1.165) is 28.7 Å². The van der Waals surface area contributed by atoms with E-state index in [0.29, 0.717) is 6.42 Å². The van der Waals surface area contributed by atoms with Crippen molar-refractivity contribution >= 4 is 6.29 Å². The first-order chi connectivity index (χ1) is 10.9. The molecule has 1 unspecified atom stereocenters. The molecule has 2 heteroatoms. The number of aromatic nitrogens is 1. The predicted molar refractivity (Wildman–Crippen MR) is 88.6 cm³/mol. The second-order valence-electron chi connectivity index (χ2n) is 5.17. The highest BCUT2D eigenvalue weighted by Gasteiger charge is 2.18. The molecule has 2 aromatic carbocycles. The molecule has 0 spiro atoms. The molecular weight excluding hydrogens is 270 g/mol. The van der Waals surface area contributed by atoms with Gasteiger partial charge in [-0.3, -0.25) is 4.98 Å². The van der Waals surface area contributed by atoms with Crippen molar-refractivity contribution in [1.82, 2.24) is 4.98 Å². The van der Waals surface area contributed by atoms with Crippen molar-refractivity contribution in [3.05, 3.63) is 90.1 Å². The number of hydrogen-bond donors (Lipinski definition) is 0. The van der Waals surface area contributed by atoms with Gasteiger partial charge in [-0.2, -0.15) is 0 Å². The summed E-state index contributed by atoms with van der Waals surface area (Å²) < 4.78 is 0. The van der Waals surface area contributed by atoms with Crippen LogP contribution in [-0.2, 0) is 4.79 Å². The highest BCUT2D eigenvalue weighted by atomic mass is 16.1. The Kier molecular flexibility index (Phi) is 4.40. The highest BCUT2D eigenvalue weighted by Crippen LogP contribution is 2.34. The van der Waals surface area contributed by atoms with Crippen LogP contribution in [0.1, 0.15) is 23.5 Å². The standard InChI is InChI=1S/C20H17NO/c22-15-13-17(16-8-2-1-3-9-16)18-10-4-5-11-19(18)20-12-6-7-14-21-20/h1-12,14-15,17H,13H2. The molecule has 0 saturated carbocycles. The summed E-state index contributed by atoms with van der Waals surface area (Å²) in [6, 6.07) is 24.2. The van der Waals surface area contributed by atoms with Gasteiger partial charge in [0.1, 0.15) is 6.29 Å². The summed E-state index contributed by atoms with van der Waals surface area (Å²) in [5.74, 6) is 0.0527. The van der Waals surface area contributed by atoms with Crippen LogP contribution in [0.25, 0.3) is 11.3 Å². The minimum Gasteiger partial charge on any atom is -0.303 e. The largest absolute Gasteiger partial charge is 0.303 e. The average molecular weight is 287 g/mol. The van der Waals surface area contributed by atoms with Gasteiger partial charge in [-0.05, 0) is 23.3 Å². The lowest BCUT2D eigenvalue weighted by Gasteiger charge is -2.19. The average Bonchev–Trinajstić information content (AvgIpc) is 2.61. The highest BCUT2D eigenvalue weighted by molar-refractivity contribution is 5.67. The predicted octanol–water partition coefficient (Wildman–Crippen LogP) is 4.47. The Labute approximate surface area is 130 Å². The molecule has 0 aliphatic rings. The zero-order valence-corrected chi connectivity index (χ0v) is 12.2. The molecule has 0 saturated heterocycles. The second-order valence-corrected chi connectivity index (χ2v) is 5.17. The van der Waals surface area contributed by atoms with E-state index in [1.54, 1.807) is 6.20 Å². The van der Waals surface area contributed by atoms with E-state index < -0.39 is 0 Å². The van der Waals surface area contributed by atoms with Crippen LogP contribution in [0.4, 0.5) is 0 Å². The maximum Gasteiger partial charge on any atom is 0.120 e. The van der Waals surface area contributed by atoms with E-state index >= 15 is 0 Å². The van der Waals surface area contributed by atoms with Gasteiger partial charge in [0.2, 0.25) is 0 Å². The number of benzene rings is 2. The van der Waals surface area contributed by atoms with Crippen LogP contribution >= 0.6 is 0 Å². The zero-order valence-electron chi connectivity index (χ0n) is 12.2. The third kappa shape index (κ3) is 2.96. The quantitative estimate of drug-likeness (QED) is 0.648. The molecule has 0 N–H and O–H groups in total. The maximum absolute atomic E-state index is 11.2. The van der Waals surface area contributed by atoms with Crippen molar-refractivity contribution in [2.45, 2.75) is 12.3 Å². The van der Waals surface area contributed by atoms with Crippen LogP contribution in [-0.4, -0.2) is 11.3 Å². The van der Waals surface area contributed by atoms with Crippen molar-refractivity contribution in [1.29, 1.82) is 0 Å². The van der Waals surface area contributed by atoms with Gasteiger partial charge in [-0.15, -0.1) is 0 Å². The maximum atomic E-state index is 11.2. The first-order valence-corrected chi connectivity index (χ1v) is 7.39. The number of nitrogens with zero attached hydrogens (tertiary/aromatic N) is 1. The monoisotopic (exact) mass is 287 g/mol. The van der Waals surface area contributed by atoms with E-state index in [1.807, 2.05) is 48.5 Å². The minimum absolute atomic E-state index is 0.0527. The van der Waals surface area contributed by atoms with E-state index in [9.17, 15) is 4.79 Å². The molecule has 108 valence electrons. The SMILES string of the molecule is O=CCC(c1ccccc1)c1ccccc1-c1ccccn1. The summed E-state index contributed by atoms with van der Waals surface area (Å²) in [4.78, 5) is 15.7. The summed E-state index contributed by atoms with van der Waals surface area (Å²) >= 11 is 0. The molecule has 0 bridgehead atoms. The molecule has 0 aliphatic heterocycles. The molecule has 22 heavy (non-hydrogen) atoms. The molecule has 3 aromatic rings. The Hall–Kier alpha value is -2.74. The van der Waals surface area contributed by atoms with Crippen molar-refractivity contribution in [3.63, 3.8) is 0 Å². The van der Waals surface area contributed by atoms with Crippen LogP contribution in [0.2, 0.25) is 0 Å². The van der Waals surface area contributed by atoms with Crippen molar-refractivity contribution < 1.29 is 4.79 Å². The third-order valence-electron chi connectivity index (χ3n) is 3.81. The molecule has 0 amide bonds. The normalized spacial score (nSPS) is 11.8. The van der Waals surface area contributed by atoms with Gasteiger partial charge in [-0.1, -0.05) is 60.7 Å². The van der Waals surface area contributed by atoms with Crippen LogP contribution in [0.3, 0.4) is 0 Å². The summed E-state index contributed by atoms with van der Waals surface area (Å²) in [7, 11) is 0. The topological polar surface area (TPSA) is 30.0 Å². The van der Waals surface area contributed by atoms with E-state index in [2.05, 4.69) is 29.2 Å². The minimum atomic E-state index is 0.0527. The first-order valence-electron chi connectivity index (χ1n) is 7.39. The van der Waals surface area contributed by atoms with Crippen molar-refractivity contribution in [2.75, 3.05) is 0 Å². The molecule has 3 rings (SSSR count). The smallest absolute Gasteiger partial charge is 0.120 e. The molecule has 0 radical (unpaired) electrons. The zero-order chi connectivity index (χ0) is 15.2. The summed E-state index contributed by atoms with van der Waals surface area (Å²) in [6.07, 6.45) is 3.25. The number of carbonyl (C=O) groups excluding carboxylic acids is 1. The lowest BCUT2D eigenvalue weighted by atomic mass is 9.85. The Morgan fingerprint density at radius 3 is 2.32 bits per heavy atom. The molecule has 0 aliphatic carbocycles. The third-order valence-corrected chi connectivity index (χ3v) is 3.81. The van der Waals surface area contributed by atoms with Crippen LogP contribution < -0.4 is 0 Å². The van der Waals surface area contributed by atoms with Crippen LogP contribution in [0.5, 0.6) is 0 Å². The Balaban J connectivity index is 2.11. The molecule has 1 atom stereocenters. The fraction of sp³-hybridized carbons (Fsp3) is 0.100. The lowest BCUT2D eigenvalue weighted by molar-refractivity contribution is -0.108. The summed E-state index contributed by atoms with van der Waals surface area (Å²) in [5.41, 5.74) is 4.31. The fourth-order valence-corrected chi connectivity index (χ4v) is 2.78. The molecular formula is C20H17NO. The van der Waals surface area contributed by atoms with Crippen molar-refractivity contribution in [3.8, 4) is 11.3 Å². The van der Waals surface area contributed by atoms with Crippen LogP contribution in [0.15, 0.2) is 79.0 Å². The summed E-state index contributed by atoms with van der Waals surface area (Å²) in [6.45, 7) is 0. The van der Waals surface area contributed by atoms with Crippen LogP contribution in [0, 0.1) is 0 Å². The number of carbonyl (C=O) groups is 1. The molecule has 0 fully saturated rings. The van der Waals surface area contributed by atoms with E-state index in [4.69, 9.17) is 0 Å². The van der Waals surface area contributed by atoms with Gasteiger partial charge >= 0.3 is 0 Å². The van der Waals surface area contributed by atoms with Gasteiger partial charge in [0, 0.05) is 24.1 Å². The summed E-state index contributed by atoms with van der Waals surface area (Å²) in [5, 5.41) is 0. The van der Waals surface area contributed by atoms with Crippen molar-refractivity contribution in [2.24, 2.45) is 0 Å². The molecule has 1 heterocycles. The van der Waals surface area contributed by atoms with Gasteiger partial charge < -0.3 is 4.79 Å². The number of rotatable bonds is 5. The first kappa shape index (κ1) is 14.2. The second kappa shape index (κ2) is 6.81. The van der Waals surface area contributed by atoms with E-state index in [1.165, 1.54) is 0 Å². The lowest BCUT2D eigenvalue weighted by Crippen LogP contribution is -2.04. The Morgan fingerprint density at radius 1 is 0.864 bits per heavy atom. The van der Waals surface area contributed by atoms with Gasteiger partial charge in [0.05, 0.1) is 5.69 Å². The number of hydrogen-bond acceptors (Lipinski definition) is 2. The Bertz CT molecular complexity index is 738. The number of pyridine rings is 1. The Morgan fingerprint density at radius 2 is 1.59 bits per heavy atom. The van der Waals surface area contributed by atoms with E-state index in [-0.39, 0.29) is 5.92 Å². The van der Waals surface area contributed by atoms with Gasteiger partial charge in [0.15, 0.2) is 0 Å². The van der Waals surface area contributed by atoms with Gasteiger partial charge in [0.25, 0.3) is 0 Å². The molecule has 2 nitrogen and oxygen atoms in total. The molecule has 1 aromatic heterocycles. The number of aldehydes is 1. The fourth-order valence-electron chi connectivity index (χ4n) is 2.78.